The van der Waals surface area contributed by atoms with Gasteiger partial charge in [-0.05, 0) is 55.0 Å². The van der Waals surface area contributed by atoms with E-state index in [1.807, 2.05) is 0 Å². The number of hydrogen-bond acceptors (Lipinski definition) is 8. The summed E-state index contributed by atoms with van der Waals surface area (Å²) in [7, 11) is -3.90. The van der Waals surface area contributed by atoms with E-state index < -0.39 is 28.0 Å². The van der Waals surface area contributed by atoms with Gasteiger partial charge in [-0.3, -0.25) is 4.79 Å². The molecule has 3 aromatic rings. The normalized spacial score (nSPS) is 11.9. The number of anilines is 3. The van der Waals surface area contributed by atoms with Gasteiger partial charge in [0, 0.05) is 23.8 Å². The SMILES string of the molecule is CCC(OC(=O)c1cccc(N)c1)C(=O)Nc1ccc(S(=O)(=O)Nc2ncccn2)cc1. The van der Waals surface area contributed by atoms with Crippen LogP contribution in [0.4, 0.5) is 17.3 Å². The molecular formula is C21H21N5O5S. The van der Waals surface area contributed by atoms with E-state index in [4.69, 9.17) is 10.5 Å². The molecule has 1 amide bonds. The molecule has 1 aromatic heterocycles. The molecular weight excluding hydrogens is 434 g/mol. The van der Waals surface area contributed by atoms with Crippen LogP contribution in [0.5, 0.6) is 0 Å². The van der Waals surface area contributed by atoms with Gasteiger partial charge in [0.1, 0.15) is 0 Å². The molecule has 2 aromatic carbocycles. The van der Waals surface area contributed by atoms with Crippen molar-refractivity contribution in [1.82, 2.24) is 9.97 Å². The van der Waals surface area contributed by atoms with Crippen LogP contribution < -0.4 is 15.8 Å². The molecule has 32 heavy (non-hydrogen) atoms. The first-order valence-corrected chi connectivity index (χ1v) is 11.0. The van der Waals surface area contributed by atoms with E-state index in [0.717, 1.165) is 0 Å². The average Bonchev–Trinajstić information content (AvgIpc) is 2.78. The second-order valence-electron chi connectivity index (χ2n) is 6.62. The maximum atomic E-state index is 12.5. The summed E-state index contributed by atoms with van der Waals surface area (Å²) < 4.78 is 32.4. The Hall–Kier alpha value is -3.99. The quantitative estimate of drug-likeness (QED) is 0.346. The highest BCUT2D eigenvalue weighted by molar-refractivity contribution is 7.92. The number of esters is 1. The monoisotopic (exact) mass is 455 g/mol. The number of nitrogens with two attached hydrogens (primary N) is 1. The summed E-state index contributed by atoms with van der Waals surface area (Å²) in [5.74, 6) is -1.27. The Morgan fingerprint density at radius 3 is 2.38 bits per heavy atom. The number of benzene rings is 2. The van der Waals surface area contributed by atoms with Crippen molar-refractivity contribution in [2.75, 3.05) is 15.8 Å². The molecule has 10 nitrogen and oxygen atoms in total. The number of hydrogen-bond donors (Lipinski definition) is 3. The zero-order valence-electron chi connectivity index (χ0n) is 17.1. The summed E-state index contributed by atoms with van der Waals surface area (Å²) >= 11 is 0. The molecule has 0 saturated heterocycles. The lowest BCUT2D eigenvalue weighted by atomic mass is 10.2. The molecule has 0 fully saturated rings. The third-order valence-corrected chi connectivity index (χ3v) is 5.60. The first-order chi connectivity index (χ1) is 15.3. The molecule has 0 radical (unpaired) electrons. The van der Waals surface area contributed by atoms with Gasteiger partial charge in [0.25, 0.3) is 15.9 Å². The summed E-state index contributed by atoms with van der Waals surface area (Å²) in [6.45, 7) is 1.70. The fraction of sp³-hybridized carbons (Fsp3) is 0.143. The Bertz CT molecular complexity index is 1200. The predicted molar refractivity (Wildman–Crippen MR) is 118 cm³/mol. The van der Waals surface area contributed by atoms with Crippen molar-refractivity contribution in [2.24, 2.45) is 0 Å². The van der Waals surface area contributed by atoms with E-state index >= 15 is 0 Å². The maximum absolute atomic E-state index is 12.5. The zero-order valence-corrected chi connectivity index (χ0v) is 17.9. The smallest absolute Gasteiger partial charge is 0.338 e. The number of nitrogens with zero attached hydrogens (tertiary/aromatic N) is 2. The van der Waals surface area contributed by atoms with Crippen molar-refractivity contribution in [3.05, 3.63) is 72.6 Å². The minimum absolute atomic E-state index is 0.0388. The molecule has 11 heteroatoms. The summed E-state index contributed by atoms with van der Waals surface area (Å²) in [5.41, 5.74) is 6.64. The van der Waals surface area contributed by atoms with Gasteiger partial charge >= 0.3 is 5.97 Å². The molecule has 0 aliphatic heterocycles. The average molecular weight is 455 g/mol. The number of aromatic nitrogens is 2. The molecule has 0 saturated carbocycles. The predicted octanol–water partition coefficient (Wildman–Crippen LogP) is 2.43. The molecule has 0 spiro atoms. The molecule has 1 atom stereocenters. The summed E-state index contributed by atoms with van der Waals surface area (Å²) in [4.78, 5) is 32.4. The molecule has 3 rings (SSSR count). The highest BCUT2D eigenvalue weighted by atomic mass is 32.2. The van der Waals surface area contributed by atoms with Gasteiger partial charge < -0.3 is 15.8 Å². The Kier molecular flexibility index (Phi) is 7.00. The minimum atomic E-state index is -3.90. The van der Waals surface area contributed by atoms with Crippen LogP contribution >= 0.6 is 0 Å². The van der Waals surface area contributed by atoms with Gasteiger partial charge in [0.15, 0.2) is 6.10 Å². The van der Waals surface area contributed by atoms with Gasteiger partial charge in [-0.1, -0.05) is 13.0 Å². The van der Waals surface area contributed by atoms with Gasteiger partial charge in [-0.15, -0.1) is 0 Å². The fourth-order valence-electron chi connectivity index (χ4n) is 2.66. The Morgan fingerprint density at radius 2 is 1.75 bits per heavy atom. The number of nitrogens with one attached hydrogen (secondary N) is 2. The number of nitrogen functional groups attached to an aromatic ring is 1. The number of rotatable bonds is 8. The van der Waals surface area contributed by atoms with E-state index in [2.05, 4.69) is 20.0 Å². The van der Waals surface area contributed by atoms with Crippen LogP contribution in [-0.2, 0) is 19.6 Å². The number of amides is 1. The maximum Gasteiger partial charge on any atom is 0.338 e. The van der Waals surface area contributed by atoms with Crippen molar-refractivity contribution in [2.45, 2.75) is 24.3 Å². The minimum Gasteiger partial charge on any atom is -0.449 e. The van der Waals surface area contributed by atoms with E-state index in [9.17, 15) is 18.0 Å². The standard InChI is InChI=1S/C21H21N5O5S/c1-2-18(31-20(28)14-5-3-6-15(22)13-14)19(27)25-16-7-9-17(10-8-16)32(29,30)26-21-23-11-4-12-24-21/h3-13,18H,2,22H2,1H3,(H,25,27)(H,23,24,26). The topological polar surface area (TPSA) is 153 Å². The van der Waals surface area contributed by atoms with Crippen molar-refractivity contribution in [3.8, 4) is 0 Å². The van der Waals surface area contributed by atoms with Crippen LogP contribution in [0.1, 0.15) is 23.7 Å². The lowest BCUT2D eigenvalue weighted by Crippen LogP contribution is -2.32. The Labute approximate surface area is 184 Å². The summed E-state index contributed by atoms with van der Waals surface area (Å²) in [5, 5.41) is 2.61. The molecule has 0 aliphatic rings. The molecule has 0 aliphatic carbocycles. The van der Waals surface area contributed by atoms with Gasteiger partial charge in [-0.25, -0.2) is 27.9 Å². The van der Waals surface area contributed by atoms with Gasteiger partial charge in [-0.2, -0.15) is 0 Å². The molecule has 1 unspecified atom stereocenters. The van der Waals surface area contributed by atoms with E-state index in [1.165, 1.54) is 48.8 Å². The zero-order chi connectivity index (χ0) is 23.1. The van der Waals surface area contributed by atoms with E-state index in [0.29, 0.717) is 11.4 Å². The Morgan fingerprint density at radius 1 is 1.06 bits per heavy atom. The van der Waals surface area contributed by atoms with E-state index in [-0.39, 0.29) is 22.8 Å². The number of carbonyl (C=O) groups is 2. The van der Waals surface area contributed by atoms with Crippen LogP contribution in [0, 0.1) is 0 Å². The van der Waals surface area contributed by atoms with Crippen molar-refractivity contribution in [3.63, 3.8) is 0 Å². The van der Waals surface area contributed by atoms with Gasteiger partial charge in [0.05, 0.1) is 10.5 Å². The van der Waals surface area contributed by atoms with Crippen LogP contribution in [0.15, 0.2) is 71.9 Å². The van der Waals surface area contributed by atoms with Crippen LogP contribution in [0.25, 0.3) is 0 Å². The lowest BCUT2D eigenvalue weighted by Gasteiger charge is -2.16. The fourth-order valence-corrected chi connectivity index (χ4v) is 3.61. The van der Waals surface area contributed by atoms with Crippen LogP contribution in [0.3, 0.4) is 0 Å². The van der Waals surface area contributed by atoms with Crippen molar-refractivity contribution < 1.29 is 22.7 Å². The summed E-state index contributed by atoms with van der Waals surface area (Å²) in [6.07, 6.45) is 2.03. The molecule has 0 bridgehead atoms. The van der Waals surface area contributed by atoms with E-state index in [1.54, 1.807) is 25.1 Å². The number of ether oxygens (including phenoxy) is 1. The van der Waals surface area contributed by atoms with Crippen molar-refractivity contribution >= 4 is 39.2 Å². The third-order valence-electron chi connectivity index (χ3n) is 4.26. The first kappa shape index (κ1) is 22.7. The van der Waals surface area contributed by atoms with Gasteiger partial charge in [0.2, 0.25) is 5.95 Å². The number of sulfonamides is 1. The second-order valence-corrected chi connectivity index (χ2v) is 8.30. The highest BCUT2D eigenvalue weighted by Crippen LogP contribution is 2.17. The Balaban J connectivity index is 1.64. The molecule has 166 valence electrons. The molecule has 4 N–H and O–H groups in total. The molecule has 1 heterocycles. The second kappa shape index (κ2) is 9.88. The summed E-state index contributed by atoms with van der Waals surface area (Å²) in [6, 6.07) is 13.3. The number of carbonyl (C=O) groups excluding carboxylic acids is 2. The third kappa shape index (κ3) is 5.79. The highest BCUT2D eigenvalue weighted by Gasteiger charge is 2.23. The first-order valence-electron chi connectivity index (χ1n) is 9.56. The van der Waals surface area contributed by atoms with Crippen LogP contribution in [0.2, 0.25) is 0 Å². The van der Waals surface area contributed by atoms with Crippen LogP contribution in [-0.4, -0.2) is 36.4 Å². The lowest BCUT2D eigenvalue weighted by molar-refractivity contribution is -0.124. The van der Waals surface area contributed by atoms with Crippen molar-refractivity contribution in [1.29, 1.82) is 0 Å². The largest absolute Gasteiger partial charge is 0.449 e.